The molecule has 32 heavy (non-hydrogen) atoms. The summed E-state index contributed by atoms with van der Waals surface area (Å²) in [4.78, 5) is 31.5. The van der Waals surface area contributed by atoms with Crippen molar-refractivity contribution < 1.29 is 9.59 Å². The van der Waals surface area contributed by atoms with E-state index < -0.39 is 0 Å². The molecule has 1 aromatic rings. The normalized spacial score (nSPS) is 19.4. The first-order valence-corrected chi connectivity index (χ1v) is 12.2. The van der Waals surface area contributed by atoms with E-state index in [-0.39, 0.29) is 17.9 Å². The van der Waals surface area contributed by atoms with E-state index in [0.717, 1.165) is 56.1 Å². The van der Waals surface area contributed by atoms with Gasteiger partial charge in [0.25, 0.3) is 0 Å². The minimum absolute atomic E-state index is 0.0357. The summed E-state index contributed by atoms with van der Waals surface area (Å²) in [5.41, 5.74) is 1.84. The largest absolute Gasteiger partial charge is 0.357 e. The van der Waals surface area contributed by atoms with Crippen molar-refractivity contribution in [1.29, 1.82) is 0 Å². The molecule has 2 aliphatic rings. The van der Waals surface area contributed by atoms with Gasteiger partial charge in [0, 0.05) is 43.7 Å². The summed E-state index contributed by atoms with van der Waals surface area (Å²) < 4.78 is 0. The standard InChI is InChI=1S/C25H39N5O2/c1-4-26-25(29-22-12-13-30(17-22)24(32)20-9-5-6-10-20)27-16-19-8-7-11-21(15-19)28-23(31)14-18(2)3/h7-8,11,15,18,20,22H,4-6,9-10,12-14,16-17H2,1-3H3,(H,28,31)(H2,26,27,29). The molecule has 1 atom stereocenters. The second kappa shape index (κ2) is 11.9. The lowest BCUT2D eigenvalue weighted by molar-refractivity contribution is -0.134. The van der Waals surface area contributed by atoms with Crippen molar-refractivity contribution in [3.05, 3.63) is 29.8 Å². The molecule has 176 valence electrons. The number of guanidine groups is 1. The van der Waals surface area contributed by atoms with E-state index in [9.17, 15) is 9.59 Å². The van der Waals surface area contributed by atoms with Crippen LogP contribution in [0.5, 0.6) is 0 Å². The van der Waals surface area contributed by atoms with E-state index in [0.29, 0.717) is 24.8 Å². The molecule has 1 saturated heterocycles. The zero-order chi connectivity index (χ0) is 22.9. The number of carbonyl (C=O) groups is 2. The zero-order valence-electron chi connectivity index (χ0n) is 19.8. The highest BCUT2D eigenvalue weighted by molar-refractivity contribution is 5.90. The lowest BCUT2D eigenvalue weighted by Gasteiger charge is -2.21. The fourth-order valence-corrected chi connectivity index (χ4v) is 4.52. The fraction of sp³-hybridized carbons (Fsp3) is 0.640. The summed E-state index contributed by atoms with van der Waals surface area (Å²) >= 11 is 0. The zero-order valence-corrected chi connectivity index (χ0v) is 19.8. The van der Waals surface area contributed by atoms with Crippen molar-refractivity contribution in [2.45, 2.75) is 71.9 Å². The number of nitrogens with zero attached hydrogens (tertiary/aromatic N) is 2. The van der Waals surface area contributed by atoms with Crippen molar-refractivity contribution >= 4 is 23.5 Å². The Morgan fingerprint density at radius 1 is 1.19 bits per heavy atom. The van der Waals surface area contributed by atoms with Gasteiger partial charge < -0.3 is 20.9 Å². The summed E-state index contributed by atoms with van der Waals surface area (Å²) in [5, 5.41) is 9.79. The monoisotopic (exact) mass is 441 g/mol. The van der Waals surface area contributed by atoms with Gasteiger partial charge in [0.15, 0.2) is 5.96 Å². The van der Waals surface area contributed by atoms with E-state index in [2.05, 4.69) is 16.0 Å². The second-order valence-corrected chi connectivity index (χ2v) is 9.44. The molecule has 2 amide bonds. The summed E-state index contributed by atoms with van der Waals surface area (Å²) in [5.74, 6) is 1.71. The molecule has 1 aromatic carbocycles. The predicted molar refractivity (Wildman–Crippen MR) is 129 cm³/mol. The van der Waals surface area contributed by atoms with Gasteiger partial charge in [0.2, 0.25) is 11.8 Å². The smallest absolute Gasteiger partial charge is 0.225 e. The number of rotatable bonds is 8. The van der Waals surface area contributed by atoms with E-state index in [4.69, 9.17) is 4.99 Å². The Morgan fingerprint density at radius 3 is 2.69 bits per heavy atom. The maximum Gasteiger partial charge on any atom is 0.225 e. The third kappa shape index (κ3) is 7.24. The summed E-state index contributed by atoms with van der Waals surface area (Å²) in [6.07, 6.45) is 5.93. The lowest BCUT2D eigenvalue weighted by Crippen LogP contribution is -2.45. The Kier molecular flexibility index (Phi) is 8.94. The van der Waals surface area contributed by atoms with Gasteiger partial charge in [-0.15, -0.1) is 0 Å². The van der Waals surface area contributed by atoms with Crippen LogP contribution in [0.2, 0.25) is 0 Å². The molecule has 1 aliphatic heterocycles. The average Bonchev–Trinajstić information content (AvgIpc) is 3.44. The van der Waals surface area contributed by atoms with Gasteiger partial charge in [-0.1, -0.05) is 38.8 Å². The van der Waals surface area contributed by atoms with Crippen LogP contribution in [0.1, 0.15) is 64.9 Å². The number of carbonyl (C=O) groups excluding carboxylic acids is 2. The average molecular weight is 442 g/mol. The molecular formula is C25H39N5O2. The Hall–Kier alpha value is -2.57. The molecule has 0 bridgehead atoms. The fourth-order valence-electron chi connectivity index (χ4n) is 4.52. The van der Waals surface area contributed by atoms with E-state index in [1.54, 1.807) is 0 Å². The first-order chi connectivity index (χ1) is 15.4. The third-order valence-corrected chi connectivity index (χ3v) is 6.11. The van der Waals surface area contributed by atoms with E-state index in [1.165, 1.54) is 12.8 Å². The van der Waals surface area contributed by atoms with Crippen LogP contribution in [0.4, 0.5) is 5.69 Å². The molecule has 3 N–H and O–H groups in total. The second-order valence-electron chi connectivity index (χ2n) is 9.44. The number of likely N-dealkylation sites (tertiary alicyclic amines) is 1. The molecule has 0 spiro atoms. The number of hydrogen-bond donors (Lipinski definition) is 3. The molecule has 0 radical (unpaired) electrons. The summed E-state index contributed by atoms with van der Waals surface area (Å²) in [7, 11) is 0. The van der Waals surface area contributed by atoms with Crippen molar-refractivity contribution in [2.24, 2.45) is 16.8 Å². The van der Waals surface area contributed by atoms with Crippen molar-refractivity contribution in [2.75, 3.05) is 25.0 Å². The molecule has 1 aliphatic carbocycles. The molecular weight excluding hydrogens is 402 g/mol. The van der Waals surface area contributed by atoms with E-state index >= 15 is 0 Å². The van der Waals surface area contributed by atoms with Gasteiger partial charge in [0.05, 0.1) is 6.54 Å². The van der Waals surface area contributed by atoms with Crippen LogP contribution < -0.4 is 16.0 Å². The predicted octanol–water partition coefficient (Wildman–Crippen LogP) is 3.52. The quantitative estimate of drug-likeness (QED) is 0.426. The number of benzene rings is 1. The highest BCUT2D eigenvalue weighted by Gasteiger charge is 2.32. The number of nitrogens with one attached hydrogen (secondary N) is 3. The molecule has 1 heterocycles. The third-order valence-electron chi connectivity index (χ3n) is 6.11. The SMILES string of the molecule is CCNC(=NCc1cccc(NC(=O)CC(C)C)c1)NC1CCN(C(=O)C2CCCC2)C1. The van der Waals surface area contributed by atoms with Crippen LogP contribution >= 0.6 is 0 Å². The molecule has 7 nitrogen and oxygen atoms in total. The van der Waals surface area contributed by atoms with Crippen LogP contribution in [-0.4, -0.2) is 48.3 Å². The lowest BCUT2D eigenvalue weighted by atomic mass is 10.1. The molecule has 2 fully saturated rings. The van der Waals surface area contributed by atoms with Crippen LogP contribution in [0, 0.1) is 11.8 Å². The molecule has 3 rings (SSSR count). The number of hydrogen-bond acceptors (Lipinski definition) is 3. The van der Waals surface area contributed by atoms with Gasteiger partial charge in [-0.05, 0) is 49.8 Å². The van der Waals surface area contributed by atoms with Crippen LogP contribution in [0.3, 0.4) is 0 Å². The molecule has 0 aromatic heterocycles. The highest BCUT2D eigenvalue weighted by atomic mass is 16.2. The number of anilines is 1. The minimum atomic E-state index is 0.0357. The number of aliphatic imine (C=N–C) groups is 1. The molecule has 1 unspecified atom stereocenters. The summed E-state index contributed by atoms with van der Waals surface area (Å²) in [6, 6.07) is 8.06. The van der Waals surface area contributed by atoms with Crippen molar-refractivity contribution in [3.63, 3.8) is 0 Å². The number of amides is 2. The van der Waals surface area contributed by atoms with Gasteiger partial charge in [-0.25, -0.2) is 4.99 Å². The van der Waals surface area contributed by atoms with Gasteiger partial charge in [0.1, 0.15) is 0 Å². The van der Waals surface area contributed by atoms with Gasteiger partial charge >= 0.3 is 0 Å². The van der Waals surface area contributed by atoms with Crippen molar-refractivity contribution in [3.8, 4) is 0 Å². The molecule has 1 saturated carbocycles. The Bertz CT molecular complexity index is 801. The summed E-state index contributed by atoms with van der Waals surface area (Å²) in [6.45, 7) is 8.98. The Morgan fingerprint density at radius 2 is 1.97 bits per heavy atom. The maximum absolute atomic E-state index is 12.7. The first kappa shape index (κ1) is 24.1. The minimum Gasteiger partial charge on any atom is -0.357 e. The Labute approximate surface area is 192 Å². The molecule has 7 heteroatoms. The van der Waals surface area contributed by atoms with Crippen LogP contribution in [0.25, 0.3) is 0 Å². The van der Waals surface area contributed by atoms with E-state index in [1.807, 2.05) is 49.9 Å². The maximum atomic E-state index is 12.7. The van der Waals surface area contributed by atoms with Gasteiger partial charge in [-0.2, -0.15) is 0 Å². The van der Waals surface area contributed by atoms with Crippen LogP contribution in [-0.2, 0) is 16.1 Å². The highest BCUT2D eigenvalue weighted by Crippen LogP contribution is 2.27. The van der Waals surface area contributed by atoms with Crippen LogP contribution in [0.15, 0.2) is 29.3 Å². The van der Waals surface area contributed by atoms with Gasteiger partial charge in [-0.3, -0.25) is 9.59 Å². The first-order valence-electron chi connectivity index (χ1n) is 12.2. The topological polar surface area (TPSA) is 85.8 Å². The Balaban J connectivity index is 1.54. The van der Waals surface area contributed by atoms with Crippen molar-refractivity contribution in [1.82, 2.24) is 15.5 Å².